The lowest BCUT2D eigenvalue weighted by molar-refractivity contribution is 0.475. The maximum atomic E-state index is 9.96. The molecule has 0 radical (unpaired) electrons. The summed E-state index contributed by atoms with van der Waals surface area (Å²) in [5, 5.41) is 20.7. The smallest absolute Gasteiger partial charge is 0.117 e. The summed E-state index contributed by atoms with van der Waals surface area (Å²) < 4.78 is 2.15. The van der Waals surface area contributed by atoms with E-state index in [1.54, 1.807) is 24.3 Å². The summed E-state index contributed by atoms with van der Waals surface area (Å²) in [4.78, 5) is 0. The van der Waals surface area contributed by atoms with Crippen LogP contribution in [-0.2, 0) is 0 Å². The van der Waals surface area contributed by atoms with Crippen LogP contribution in [0.2, 0.25) is 0 Å². The van der Waals surface area contributed by atoms with E-state index < -0.39 is 0 Å². The predicted molar refractivity (Wildman–Crippen MR) is 96.8 cm³/mol. The van der Waals surface area contributed by atoms with Crippen LogP contribution in [0.3, 0.4) is 0 Å². The van der Waals surface area contributed by atoms with Gasteiger partial charge >= 0.3 is 0 Å². The minimum atomic E-state index is 0.245. The third kappa shape index (κ3) is 2.22. The van der Waals surface area contributed by atoms with Crippen LogP contribution in [0.4, 0.5) is 0 Å². The largest absolute Gasteiger partial charge is 0.508 e. The molecule has 4 aromatic rings. The second kappa shape index (κ2) is 5.46. The highest BCUT2D eigenvalue weighted by Gasteiger charge is 2.17. The summed E-state index contributed by atoms with van der Waals surface area (Å²) in [6.07, 6.45) is 0. The van der Waals surface area contributed by atoms with Gasteiger partial charge in [-0.15, -0.1) is 0 Å². The lowest BCUT2D eigenvalue weighted by Crippen LogP contribution is -1.97. The van der Waals surface area contributed by atoms with E-state index in [1.807, 2.05) is 48.5 Å². The van der Waals surface area contributed by atoms with Crippen LogP contribution in [0, 0.1) is 6.92 Å². The summed E-state index contributed by atoms with van der Waals surface area (Å²) in [6, 6.07) is 22.7. The molecular formula is C21H17NO2. The molecule has 1 heterocycles. The van der Waals surface area contributed by atoms with Crippen molar-refractivity contribution in [2.75, 3.05) is 0 Å². The molecule has 118 valence electrons. The Labute approximate surface area is 140 Å². The van der Waals surface area contributed by atoms with E-state index in [9.17, 15) is 10.2 Å². The zero-order chi connectivity index (χ0) is 16.7. The quantitative estimate of drug-likeness (QED) is 0.546. The minimum absolute atomic E-state index is 0.245. The van der Waals surface area contributed by atoms with Crippen LogP contribution in [0.15, 0.2) is 72.8 Å². The zero-order valence-electron chi connectivity index (χ0n) is 13.3. The summed E-state index contributed by atoms with van der Waals surface area (Å²) in [6.45, 7) is 2.08. The average Bonchev–Trinajstić information content (AvgIpc) is 2.88. The molecule has 0 aliphatic carbocycles. The van der Waals surface area contributed by atoms with Gasteiger partial charge in [0.1, 0.15) is 11.5 Å². The van der Waals surface area contributed by atoms with Gasteiger partial charge < -0.3 is 14.8 Å². The highest BCUT2D eigenvalue weighted by atomic mass is 16.3. The van der Waals surface area contributed by atoms with Gasteiger partial charge in [-0.25, -0.2) is 0 Å². The molecule has 2 N–H and O–H groups in total. The van der Waals surface area contributed by atoms with E-state index >= 15 is 0 Å². The molecular weight excluding hydrogens is 298 g/mol. The van der Waals surface area contributed by atoms with Crippen LogP contribution in [0.1, 0.15) is 5.56 Å². The Bertz CT molecular complexity index is 1020. The molecule has 0 fully saturated rings. The minimum Gasteiger partial charge on any atom is -0.508 e. The van der Waals surface area contributed by atoms with E-state index in [0.717, 1.165) is 33.4 Å². The van der Waals surface area contributed by atoms with Crippen molar-refractivity contribution in [3.8, 4) is 28.4 Å². The number of aromatic nitrogens is 1. The first-order valence-corrected chi connectivity index (χ1v) is 7.84. The molecule has 0 aliphatic rings. The SMILES string of the molecule is Cc1c(-c2ccc(O)cc2)n(-c2ccccc2)c2cc(O)ccc12. The highest BCUT2D eigenvalue weighted by Crippen LogP contribution is 2.37. The summed E-state index contributed by atoms with van der Waals surface area (Å²) in [5.74, 6) is 0.492. The monoisotopic (exact) mass is 315 g/mol. The first-order valence-electron chi connectivity index (χ1n) is 7.84. The Balaban J connectivity index is 2.12. The van der Waals surface area contributed by atoms with Crippen LogP contribution in [-0.4, -0.2) is 14.8 Å². The number of rotatable bonds is 2. The first-order chi connectivity index (χ1) is 11.6. The fourth-order valence-electron chi connectivity index (χ4n) is 3.25. The van der Waals surface area contributed by atoms with Crippen molar-refractivity contribution in [3.05, 3.63) is 78.4 Å². The van der Waals surface area contributed by atoms with Crippen LogP contribution < -0.4 is 0 Å². The molecule has 4 rings (SSSR count). The lowest BCUT2D eigenvalue weighted by atomic mass is 10.1. The van der Waals surface area contributed by atoms with E-state index in [4.69, 9.17) is 0 Å². The molecule has 24 heavy (non-hydrogen) atoms. The van der Waals surface area contributed by atoms with E-state index in [1.165, 1.54) is 0 Å². The number of aryl methyl sites for hydroxylation is 1. The Morgan fingerprint density at radius 1 is 0.750 bits per heavy atom. The Morgan fingerprint density at radius 3 is 2.12 bits per heavy atom. The molecule has 1 aromatic heterocycles. The van der Waals surface area contributed by atoms with Crippen LogP contribution in [0.25, 0.3) is 27.8 Å². The number of phenolic OH excluding ortho intramolecular Hbond substituents is 2. The van der Waals surface area contributed by atoms with Gasteiger partial charge in [-0.3, -0.25) is 0 Å². The molecule has 0 amide bonds. The number of hydrogen-bond acceptors (Lipinski definition) is 2. The van der Waals surface area contributed by atoms with Crippen molar-refractivity contribution in [2.24, 2.45) is 0 Å². The van der Waals surface area contributed by atoms with Gasteiger partial charge in [-0.05, 0) is 66.6 Å². The second-order valence-corrected chi connectivity index (χ2v) is 5.89. The number of nitrogens with zero attached hydrogens (tertiary/aromatic N) is 1. The fraction of sp³-hybridized carbons (Fsp3) is 0.0476. The summed E-state index contributed by atoms with van der Waals surface area (Å²) >= 11 is 0. The molecule has 0 unspecified atom stereocenters. The van der Waals surface area contributed by atoms with Crippen LogP contribution in [0.5, 0.6) is 11.5 Å². The van der Waals surface area contributed by atoms with Crippen LogP contribution >= 0.6 is 0 Å². The number of para-hydroxylation sites is 1. The third-order valence-electron chi connectivity index (χ3n) is 4.36. The maximum absolute atomic E-state index is 9.96. The normalized spacial score (nSPS) is 11.0. The van der Waals surface area contributed by atoms with Crippen molar-refractivity contribution >= 4 is 10.9 Å². The third-order valence-corrected chi connectivity index (χ3v) is 4.36. The number of fused-ring (bicyclic) bond motifs is 1. The van der Waals surface area contributed by atoms with Gasteiger partial charge in [0.2, 0.25) is 0 Å². The van der Waals surface area contributed by atoms with Gasteiger partial charge in [-0.1, -0.05) is 18.2 Å². The second-order valence-electron chi connectivity index (χ2n) is 5.89. The van der Waals surface area contributed by atoms with E-state index in [0.29, 0.717) is 0 Å². The average molecular weight is 315 g/mol. The van der Waals surface area contributed by atoms with Gasteiger partial charge in [0.15, 0.2) is 0 Å². The van der Waals surface area contributed by atoms with E-state index in [-0.39, 0.29) is 11.5 Å². The molecule has 0 spiro atoms. The molecule has 0 atom stereocenters. The number of hydrogen-bond donors (Lipinski definition) is 2. The molecule has 0 aliphatic heterocycles. The lowest BCUT2D eigenvalue weighted by Gasteiger charge is -2.12. The molecule has 0 saturated carbocycles. The number of phenols is 2. The predicted octanol–water partition coefficient (Wildman–Crippen LogP) is 5.02. The van der Waals surface area contributed by atoms with Crippen molar-refractivity contribution in [3.63, 3.8) is 0 Å². The molecule has 0 saturated heterocycles. The Hall–Kier alpha value is -3.20. The summed E-state index contributed by atoms with van der Waals surface area (Å²) in [5.41, 5.74) is 5.21. The van der Waals surface area contributed by atoms with Gasteiger partial charge in [0, 0.05) is 17.1 Å². The van der Waals surface area contributed by atoms with Crippen molar-refractivity contribution < 1.29 is 10.2 Å². The van der Waals surface area contributed by atoms with Gasteiger partial charge in [0.25, 0.3) is 0 Å². The topological polar surface area (TPSA) is 45.4 Å². The molecule has 3 heteroatoms. The number of benzene rings is 3. The van der Waals surface area contributed by atoms with Gasteiger partial charge in [-0.2, -0.15) is 0 Å². The number of aromatic hydroxyl groups is 2. The standard InChI is InChI=1S/C21H17NO2/c1-14-19-12-11-18(24)13-20(19)22(16-5-3-2-4-6-16)21(14)15-7-9-17(23)10-8-15/h2-13,23-24H,1H3. The molecule has 3 aromatic carbocycles. The van der Waals surface area contributed by atoms with Gasteiger partial charge in [0.05, 0.1) is 11.2 Å². The molecule has 3 nitrogen and oxygen atoms in total. The molecule has 0 bridgehead atoms. The van der Waals surface area contributed by atoms with E-state index in [2.05, 4.69) is 11.5 Å². The fourth-order valence-corrected chi connectivity index (χ4v) is 3.25. The highest BCUT2D eigenvalue weighted by molar-refractivity contribution is 5.94. The zero-order valence-corrected chi connectivity index (χ0v) is 13.3. The van der Waals surface area contributed by atoms with Crippen molar-refractivity contribution in [2.45, 2.75) is 6.92 Å². The Morgan fingerprint density at radius 2 is 1.42 bits per heavy atom. The Kier molecular flexibility index (Phi) is 3.28. The van der Waals surface area contributed by atoms with Crippen molar-refractivity contribution in [1.29, 1.82) is 0 Å². The van der Waals surface area contributed by atoms with Crippen molar-refractivity contribution in [1.82, 2.24) is 4.57 Å². The summed E-state index contributed by atoms with van der Waals surface area (Å²) in [7, 11) is 0. The maximum Gasteiger partial charge on any atom is 0.117 e. The first kappa shape index (κ1) is 14.4.